The number of nitrogens with one attached hydrogen (secondary N) is 1. The number of fused-ring (bicyclic) bond motifs is 2. The van der Waals surface area contributed by atoms with Crippen molar-refractivity contribution in [3.63, 3.8) is 0 Å². The van der Waals surface area contributed by atoms with Gasteiger partial charge in [-0.2, -0.15) is 0 Å². The molecule has 4 rings (SSSR count). The summed E-state index contributed by atoms with van der Waals surface area (Å²) >= 11 is 0. The maximum absolute atomic E-state index is 13.1. The Balaban J connectivity index is 1.50. The summed E-state index contributed by atoms with van der Waals surface area (Å²) in [6, 6.07) is 11.8. The van der Waals surface area contributed by atoms with Crippen molar-refractivity contribution in [1.29, 1.82) is 0 Å². The van der Waals surface area contributed by atoms with Gasteiger partial charge in [-0.3, -0.25) is 24.1 Å². The van der Waals surface area contributed by atoms with E-state index in [1.165, 1.54) is 24.1 Å². The summed E-state index contributed by atoms with van der Waals surface area (Å²) < 4.78 is 11.0. The van der Waals surface area contributed by atoms with Crippen LogP contribution in [0.3, 0.4) is 0 Å². The first-order valence-electron chi connectivity index (χ1n) is 11.2. The minimum Gasteiger partial charge on any atom is -0.477 e. The average Bonchev–Trinajstić information content (AvgIpc) is 3.11. The lowest BCUT2D eigenvalue weighted by Crippen LogP contribution is -2.52. The van der Waals surface area contributed by atoms with E-state index in [0.29, 0.717) is 11.4 Å². The van der Waals surface area contributed by atoms with Crippen molar-refractivity contribution in [2.24, 2.45) is 5.92 Å². The molecule has 1 unspecified atom stereocenters. The molecule has 2 aliphatic heterocycles. The highest BCUT2D eigenvalue weighted by Crippen LogP contribution is 2.33. The summed E-state index contributed by atoms with van der Waals surface area (Å²) in [7, 11) is 1.46. The van der Waals surface area contributed by atoms with Crippen LogP contribution in [0.1, 0.15) is 34.6 Å². The number of hydrogen-bond acceptors (Lipinski definition) is 7. The molecule has 0 spiro atoms. The summed E-state index contributed by atoms with van der Waals surface area (Å²) in [5.74, 6) is -3.12. The van der Waals surface area contributed by atoms with E-state index in [4.69, 9.17) is 9.47 Å². The van der Waals surface area contributed by atoms with E-state index in [9.17, 15) is 24.0 Å². The molecule has 182 valence electrons. The average molecular weight is 479 g/mol. The van der Waals surface area contributed by atoms with E-state index in [0.717, 1.165) is 4.90 Å². The maximum Gasteiger partial charge on any atom is 0.330 e. The lowest BCUT2D eigenvalue weighted by atomic mass is 10.0. The van der Waals surface area contributed by atoms with Gasteiger partial charge in [0.1, 0.15) is 11.8 Å². The molecule has 2 heterocycles. The monoisotopic (exact) mass is 479 g/mol. The van der Waals surface area contributed by atoms with Crippen molar-refractivity contribution in [3.8, 4) is 5.75 Å². The molecule has 2 aliphatic rings. The molecule has 0 aliphatic carbocycles. The highest BCUT2D eigenvalue weighted by atomic mass is 16.5. The Kier molecular flexibility index (Phi) is 6.54. The second-order valence-corrected chi connectivity index (χ2v) is 8.52. The number of esters is 1. The Morgan fingerprint density at radius 2 is 1.63 bits per heavy atom. The molecule has 0 aromatic heterocycles. The second-order valence-electron chi connectivity index (χ2n) is 8.52. The summed E-state index contributed by atoms with van der Waals surface area (Å²) in [6.07, 6.45) is -0.934. The van der Waals surface area contributed by atoms with Gasteiger partial charge in [-0.15, -0.1) is 0 Å². The summed E-state index contributed by atoms with van der Waals surface area (Å²) in [6.45, 7) is 2.66. The lowest BCUT2D eigenvalue weighted by Gasteiger charge is -2.34. The van der Waals surface area contributed by atoms with Gasteiger partial charge in [-0.25, -0.2) is 4.79 Å². The minimum absolute atomic E-state index is 0.0704. The molecule has 0 saturated heterocycles. The fraction of sp³-hybridized carbons (Fsp3) is 0.320. The molecular formula is C25H25N3O7. The molecule has 1 N–H and O–H groups in total. The Morgan fingerprint density at radius 3 is 2.23 bits per heavy atom. The van der Waals surface area contributed by atoms with Crippen LogP contribution in [0.25, 0.3) is 0 Å². The first-order valence-corrected chi connectivity index (χ1v) is 11.2. The fourth-order valence-corrected chi connectivity index (χ4v) is 4.20. The van der Waals surface area contributed by atoms with Crippen LogP contribution in [0.4, 0.5) is 5.69 Å². The van der Waals surface area contributed by atoms with Crippen LogP contribution < -0.4 is 15.0 Å². The van der Waals surface area contributed by atoms with Crippen LogP contribution in [0, 0.1) is 5.92 Å². The number of likely N-dealkylation sites (N-methyl/N-ethyl adjacent to an activating group) is 1. The summed E-state index contributed by atoms with van der Waals surface area (Å²) in [5.41, 5.74) is 0.879. The molecule has 0 saturated carbocycles. The van der Waals surface area contributed by atoms with Crippen molar-refractivity contribution in [3.05, 3.63) is 59.7 Å². The van der Waals surface area contributed by atoms with Gasteiger partial charge >= 0.3 is 5.97 Å². The molecule has 0 bridgehead atoms. The highest BCUT2D eigenvalue weighted by Gasteiger charge is 2.45. The van der Waals surface area contributed by atoms with Gasteiger partial charge < -0.3 is 19.7 Å². The maximum atomic E-state index is 13.1. The second kappa shape index (κ2) is 9.57. The van der Waals surface area contributed by atoms with Crippen molar-refractivity contribution in [2.45, 2.75) is 26.0 Å². The Hall–Kier alpha value is -4.21. The summed E-state index contributed by atoms with van der Waals surface area (Å²) in [4.78, 5) is 66.2. The van der Waals surface area contributed by atoms with Gasteiger partial charge in [0, 0.05) is 7.05 Å². The predicted molar refractivity (Wildman–Crippen MR) is 124 cm³/mol. The standard InChI is InChI=1S/C25H25N3O7/c1-14(2)21(28-23(31)15-8-4-5-9-16(15)24(28)32)25(33)34-13-20(29)27-12-19(22(30)26-3)35-18-11-7-6-10-17(18)27/h4-11,14,19,21H,12-13H2,1-3H3,(H,26,30)/t19?,21-/m0/s1. The first-order chi connectivity index (χ1) is 16.7. The van der Waals surface area contributed by atoms with Gasteiger partial charge in [-0.1, -0.05) is 38.1 Å². The Labute approximate surface area is 201 Å². The number of anilines is 1. The fourth-order valence-electron chi connectivity index (χ4n) is 4.20. The molecule has 2 atom stereocenters. The van der Waals surface area contributed by atoms with Gasteiger partial charge in [0.2, 0.25) is 0 Å². The van der Waals surface area contributed by atoms with E-state index in [1.54, 1.807) is 50.2 Å². The molecule has 2 aromatic carbocycles. The van der Waals surface area contributed by atoms with Gasteiger partial charge in [-0.05, 0) is 30.2 Å². The van der Waals surface area contributed by atoms with E-state index < -0.39 is 54.3 Å². The number of rotatable bonds is 6. The minimum atomic E-state index is -1.20. The molecule has 0 radical (unpaired) electrons. The van der Waals surface area contributed by atoms with Crippen LogP contribution in [-0.2, 0) is 19.1 Å². The molecule has 2 aromatic rings. The normalized spacial score (nSPS) is 17.4. The van der Waals surface area contributed by atoms with E-state index in [1.807, 2.05) is 0 Å². The molecule has 0 fully saturated rings. The predicted octanol–water partition coefficient (Wildman–Crippen LogP) is 1.39. The zero-order valence-electron chi connectivity index (χ0n) is 19.5. The molecule has 4 amide bonds. The number of benzene rings is 2. The lowest BCUT2D eigenvalue weighted by molar-refractivity contribution is -0.153. The molecular weight excluding hydrogens is 454 g/mol. The molecule has 35 heavy (non-hydrogen) atoms. The van der Waals surface area contributed by atoms with Crippen LogP contribution in [0.15, 0.2) is 48.5 Å². The van der Waals surface area contributed by atoms with Crippen LogP contribution in [-0.4, -0.2) is 66.8 Å². The highest BCUT2D eigenvalue weighted by molar-refractivity contribution is 6.22. The number of amides is 4. The van der Waals surface area contributed by atoms with Crippen LogP contribution >= 0.6 is 0 Å². The van der Waals surface area contributed by atoms with Crippen molar-refractivity contribution in [2.75, 3.05) is 25.1 Å². The third-order valence-corrected chi connectivity index (χ3v) is 5.93. The van der Waals surface area contributed by atoms with Gasteiger partial charge in [0.05, 0.1) is 23.4 Å². The van der Waals surface area contributed by atoms with E-state index in [-0.39, 0.29) is 17.7 Å². The van der Waals surface area contributed by atoms with Crippen LogP contribution in [0.5, 0.6) is 5.75 Å². The quantitative estimate of drug-likeness (QED) is 0.491. The van der Waals surface area contributed by atoms with Crippen LogP contribution in [0.2, 0.25) is 0 Å². The third kappa shape index (κ3) is 4.34. The largest absolute Gasteiger partial charge is 0.477 e. The number of ether oxygens (including phenoxy) is 2. The zero-order chi connectivity index (χ0) is 25.3. The number of nitrogens with zero attached hydrogens (tertiary/aromatic N) is 2. The van der Waals surface area contributed by atoms with E-state index in [2.05, 4.69) is 5.32 Å². The number of imide groups is 1. The van der Waals surface area contributed by atoms with Gasteiger partial charge in [0.15, 0.2) is 12.7 Å². The topological polar surface area (TPSA) is 122 Å². The number of hydrogen-bond donors (Lipinski definition) is 1. The van der Waals surface area contributed by atoms with Crippen molar-refractivity contribution in [1.82, 2.24) is 10.2 Å². The zero-order valence-corrected chi connectivity index (χ0v) is 19.5. The Morgan fingerprint density at radius 1 is 1.03 bits per heavy atom. The SMILES string of the molecule is CNC(=O)C1CN(C(=O)COC(=O)[C@H](C(C)C)N2C(=O)c3ccccc3C2=O)c2ccccc2O1. The molecule has 10 nitrogen and oxygen atoms in total. The first kappa shape index (κ1) is 23.9. The smallest absolute Gasteiger partial charge is 0.330 e. The number of carbonyl (C=O) groups is 5. The molecule has 10 heteroatoms. The number of para-hydroxylation sites is 2. The number of carbonyl (C=O) groups excluding carboxylic acids is 5. The summed E-state index contributed by atoms with van der Waals surface area (Å²) in [5, 5.41) is 2.49. The van der Waals surface area contributed by atoms with Gasteiger partial charge in [0.25, 0.3) is 23.6 Å². The van der Waals surface area contributed by atoms with Crippen molar-refractivity contribution >= 4 is 35.3 Å². The van der Waals surface area contributed by atoms with E-state index >= 15 is 0 Å². The van der Waals surface area contributed by atoms with Crippen molar-refractivity contribution < 1.29 is 33.4 Å². The Bertz CT molecular complexity index is 1170. The third-order valence-electron chi connectivity index (χ3n) is 5.93.